The van der Waals surface area contributed by atoms with Gasteiger partial charge in [0.1, 0.15) is 0 Å². The van der Waals surface area contributed by atoms with Gasteiger partial charge in [0, 0.05) is 40.9 Å². The largest absolute Gasteiger partial charge is 0.355 e. The molecular weight excluding hydrogens is 409 g/mol. The van der Waals surface area contributed by atoms with Crippen LogP contribution in [0.5, 0.6) is 0 Å². The van der Waals surface area contributed by atoms with E-state index in [1.807, 2.05) is 20.8 Å². The van der Waals surface area contributed by atoms with E-state index in [0.717, 1.165) is 11.9 Å². The van der Waals surface area contributed by atoms with E-state index in [2.05, 4.69) is 22.5 Å². The molecule has 0 aliphatic heterocycles. The summed E-state index contributed by atoms with van der Waals surface area (Å²) >= 11 is 0. The van der Waals surface area contributed by atoms with Gasteiger partial charge in [-0.25, -0.2) is 0 Å². The van der Waals surface area contributed by atoms with Crippen LogP contribution in [0.25, 0.3) is 0 Å². The molecule has 0 saturated heterocycles. The Morgan fingerprint density at radius 3 is 2.27 bits per heavy atom. The Morgan fingerprint density at radius 1 is 1.23 bits per heavy atom. The maximum atomic E-state index is 12.0. The molecule has 1 atom stereocenters. The van der Waals surface area contributed by atoms with Crippen molar-refractivity contribution in [2.24, 2.45) is 10.9 Å². The number of guanidine groups is 1. The zero-order valence-electron chi connectivity index (χ0n) is 14.8. The minimum absolute atomic E-state index is 0. The van der Waals surface area contributed by atoms with Crippen LogP contribution < -0.4 is 10.6 Å². The third-order valence-electron chi connectivity index (χ3n) is 4.25. The van der Waals surface area contributed by atoms with Gasteiger partial charge in [-0.2, -0.15) is 0 Å². The van der Waals surface area contributed by atoms with E-state index in [9.17, 15) is 4.21 Å². The van der Waals surface area contributed by atoms with Crippen LogP contribution >= 0.6 is 24.0 Å². The molecule has 1 fully saturated rings. The summed E-state index contributed by atoms with van der Waals surface area (Å²) in [6, 6.07) is 0.534. The molecule has 1 rings (SSSR count). The summed E-state index contributed by atoms with van der Waals surface area (Å²) in [6.45, 7) is 9.04. The van der Waals surface area contributed by atoms with Gasteiger partial charge in [0.25, 0.3) is 0 Å². The monoisotopic (exact) mass is 443 g/mol. The van der Waals surface area contributed by atoms with E-state index in [1.165, 1.54) is 32.1 Å². The van der Waals surface area contributed by atoms with E-state index in [1.54, 1.807) is 7.05 Å². The second-order valence-electron chi connectivity index (χ2n) is 6.93. The minimum atomic E-state index is -0.814. The second-order valence-corrected chi connectivity index (χ2v) is 9.26. The maximum absolute atomic E-state index is 12.0. The van der Waals surface area contributed by atoms with Crippen LogP contribution in [0.4, 0.5) is 0 Å². The zero-order valence-corrected chi connectivity index (χ0v) is 17.9. The number of hydrogen-bond donors (Lipinski definition) is 2. The molecule has 1 saturated carbocycles. The summed E-state index contributed by atoms with van der Waals surface area (Å²) in [7, 11) is 0.986. The van der Waals surface area contributed by atoms with Gasteiger partial charge in [0.2, 0.25) is 0 Å². The lowest BCUT2D eigenvalue weighted by atomic mass is 9.84. The number of hydrogen-bond acceptors (Lipinski definition) is 2. The van der Waals surface area contributed by atoms with Crippen molar-refractivity contribution in [3.05, 3.63) is 0 Å². The van der Waals surface area contributed by atoms with Crippen molar-refractivity contribution in [3.8, 4) is 0 Å². The first-order chi connectivity index (χ1) is 9.86. The molecule has 1 unspecified atom stereocenters. The third kappa shape index (κ3) is 8.13. The Bertz CT molecular complexity index is 361. The fourth-order valence-electron chi connectivity index (χ4n) is 2.67. The highest BCUT2D eigenvalue weighted by molar-refractivity contribution is 14.0. The Morgan fingerprint density at radius 2 is 1.82 bits per heavy atom. The number of halogens is 1. The summed E-state index contributed by atoms with van der Waals surface area (Å²) in [5.41, 5.74) is 0. The highest BCUT2D eigenvalue weighted by atomic mass is 127. The smallest absolute Gasteiger partial charge is 0.191 e. The highest BCUT2D eigenvalue weighted by Crippen LogP contribution is 2.26. The predicted octanol–water partition coefficient (Wildman–Crippen LogP) is 3.29. The van der Waals surface area contributed by atoms with Crippen molar-refractivity contribution in [2.75, 3.05) is 19.3 Å². The van der Waals surface area contributed by atoms with E-state index in [4.69, 9.17) is 0 Å². The number of aliphatic imine (C=N–C) groups is 1. The molecule has 0 aromatic carbocycles. The Hall–Kier alpha value is 0.150. The molecule has 0 heterocycles. The van der Waals surface area contributed by atoms with Crippen molar-refractivity contribution >= 4 is 40.7 Å². The summed E-state index contributed by atoms with van der Waals surface area (Å²) in [4.78, 5) is 4.28. The van der Waals surface area contributed by atoms with Gasteiger partial charge in [0.05, 0.1) is 0 Å². The van der Waals surface area contributed by atoms with Crippen LogP contribution in [0.1, 0.15) is 59.8 Å². The quantitative estimate of drug-likeness (QED) is 0.390. The molecule has 0 aromatic rings. The Balaban J connectivity index is 0.00000441. The van der Waals surface area contributed by atoms with Gasteiger partial charge in [-0.3, -0.25) is 9.20 Å². The number of rotatable bonds is 5. The summed E-state index contributed by atoms with van der Waals surface area (Å²) < 4.78 is 11.9. The lowest BCUT2D eigenvalue weighted by Gasteiger charge is -2.29. The van der Waals surface area contributed by atoms with Crippen molar-refractivity contribution in [2.45, 2.75) is 70.6 Å². The molecule has 0 amide bonds. The summed E-state index contributed by atoms with van der Waals surface area (Å²) in [5.74, 6) is 2.42. The lowest BCUT2D eigenvalue weighted by Crippen LogP contribution is -2.46. The first kappa shape index (κ1) is 22.1. The first-order valence-corrected chi connectivity index (χ1v) is 9.54. The average molecular weight is 443 g/mol. The molecule has 0 bridgehead atoms. The molecule has 22 heavy (non-hydrogen) atoms. The number of nitrogens with zero attached hydrogens (tertiary/aromatic N) is 1. The fraction of sp³-hybridized carbons (Fsp3) is 0.938. The van der Waals surface area contributed by atoms with Crippen molar-refractivity contribution in [1.29, 1.82) is 0 Å². The Kier molecular flexibility index (Phi) is 10.9. The molecule has 0 spiro atoms. The summed E-state index contributed by atoms with van der Waals surface area (Å²) in [5, 5.41) is 6.79. The molecule has 6 heteroatoms. The van der Waals surface area contributed by atoms with Crippen molar-refractivity contribution in [1.82, 2.24) is 10.6 Å². The topological polar surface area (TPSA) is 53.5 Å². The molecule has 2 N–H and O–H groups in total. The van der Waals surface area contributed by atoms with Crippen molar-refractivity contribution < 1.29 is 4.21 Å². The standard InChI is InChI=1S/C16H33N3OS.HI/c1-6-13-7-9-14(10-8-13)19-15(17-5)18-11-12-21(20)16(2,3)4;/h13-14H,6-12H2,1-5H3,(H2,17,18,19);1H. The van der Waals surface area contributed by atoms with Crippen LogP contribution in [0, 0.1) is 5.92 Å². The van der Waals surface area contributed by atoms with Gasteiger partial charge in [0.15, 0.2) is 5.96 Å². The number of nitrogens with one attached hydrogen (secondary N) is 2. The van der Waals surface area contributed by atoms with E-state index < -0.39 is 10.8 Å². The van der Waals surface area contributed by atoms with E-state index in [-0.39, 0.29) is 28.7 Å². The molecule has 0 aromatic heterocycles. The molecule has 4 nitrogen and oxygen atoms in total. The van der Waals surface area contributed by atoms with Crippen molar-refractivity contribution in [3.63, 3.8) is 0 Å². The molecule has 0 radical (unpaired) electrons. The zero-order chi connectivity index (χ0) is 15.9. The Labute approximate surface area is 156 Å². The van der Waals surface area contributed by atoms with E-state index in [0.29, 0.717) is 18.3 Å². The fourth-order valence-corrected chi connectivity index (χ4v) is 3.57. The maximum Gasteiger partial charge on any atom is 0.191 e. The normalized spacial score (nSPS) is 24.3. The average Bonchev–Trinajstić information content (AvgIpc) is 2.45. The minimum Gasteiger partial charge on any atom is -0.355 e. The molecular formula is C16H34IN3OS. The lowest BCUT2D eigenvalue weighted by molar-refractivity contribution is 0.304. The van der Waals surface area contributed by atoms with Gasteiger partial charge in [-0.1, -0.05) is 13.3 Å². The third-order valence-corrected chi connectivity index (χ3v) is 6.19. The molecule has 132 valence electrons. The molecule has 1 aliphatic carbocycles. The van der Waals surface area contributed by atoms with Gasteiger partial charge < -0.3 is 10.6 Å². The van der Waals surface area contributed by atoms with Crippen LogP contribution in [0.2, 0.25) is 0 Å². The van der Waals surface area contributed by atoms with Crippen LogP contribution in [0.3, 0.4) is 0 Å². The predicted molar refractivity (Wildman–Crippen MR) is 109 cm³/mol. The second kappa shape index (κ2) is 10.8. The van der Waals surface area contributed by atoms with Gasteiger partial charge in [-0.05, 0) is 52.4 Å². The highest BCUT2D eigenvalue weighted by Gasteiger charge is 2.21. The summed E-state index contributed by atoms with van der Waals surface area (Å²) in [6.07, 6.45) is 6.40. The van der Waals surface area contributed by atoms with E-state index >= 15 is 0 Å². The first-order valence-electron chi connectivity index (χ1n) is 8.22. The van der Waals surface area contributed by atoms with Crippen LogP contribution in [-0.2, 0) is 10.8 Å². The van der Waals surface area contributed by atoms with Crippen LogP contribution in [-0.4, -0.2) is 40.3 Å². The molecule has 1 aliphatic rings. The van der Waals surface area contributed by atoms with Gasteiger partial charge >= 0.3 is 0 Å². The van der Waals surface area contributed by atoms with Gasteiger partial charge in [-0.15, -0.1) is 24.0 Å². The SMILES string of the molecule is CCC1CCC(NC(=NC)NCCS(=O)C(C)(C)C)CC1.I. The van der Waals surface area contributed by atoms with Crippen LogP contribution in [0.15, 0.2) is 4.99 Å².